The van der Waals surface area contributed by atoms with Crippen molar-refractivity contribution in [3.63, 3.8) is 0 Å². The minimum Gasteiger partial charge on any atom is -0.462 e. The molecule has 0 amide bonds. The summed E-state index contributed by atoms with van der Waals surface area (Å²) < 4.78 is 5.09. The molecule has 1 heterocycles. The van der Waals surface area contributed by atoms with Gasteiger partial charge in [-0.25, -0.2) is 4.79 Å². The number of ether oxygens (including phenoxy) is 1. The van der Waals surface area contributed by atoms with Crippen molar-refractivity contribution in [3.05, 3.63) is 46.9 Å². The summed E-state index contributed by atoms with van der Waals surface area (Å²) in [6, 6.07) is 0. The van der Waals surface area contributed by atoms with Gasteiger partial charge in [0.25, 0.3) is 0 Å². The Hall–Kier alpha value is -1.81. The van der Waals surface area contributed by atoms with Crippen LogP contribution in [0, 0.1) is 0 Å². The van der Waals surface area contributed by atoms with Crippen LogP contribution in [-0.4, -0.2) is 12.6 Å². The van der Waals surface area contributed by atoms with Crippen molar-refractivity contribution in [3.8, 4) is 0 Å². The number of nitrogens with two attached hydrogens (primary N) is 1. The molecule has 20 heavy (non-hydrogen) atoms. The van der Waals surface area contributed by atoms with Crippen molar-refractivity contribution >= 4 is 27.9 Å². The molecule has 0 aliphatic carbocycles. The Balaban J connectivity index is 3.27. The van der Waals surface area contributed by atoms with Gasteiger partial charge in [0.2, 0.25) is 0 Å². The number of thiophene rings is 1. The molecule has 0 aliphatic rings. The van der Waals surface area contributed by atoms with E-state index in [0.29, 0.717) is 17.2 Å². The molecule has 0 aliphatic heterocycles. The number of rotatable bonds is 6. The molecule has 0 atom stereocenters. The Morgan fingerprint density at radius 3 is 2.80 bits per heavy atom. The van der Waals surface area contributed by atoms with Gasteiger partial charge < -0.3 is 10.5 Å². The average molecular weight is 291 g/mol. The van der Waals surface area contributed by atoms with Gasteiger partial charge >= 0.3 is 5.97 Å². The number of carbonyl (C=O) groups excluding carboxylic acids is 1. The standard InChI is InChI=1S/C16H21NO2S/c1-4-7-9-12(10-8-5-2)13-11-20-15(17)14(13)16(18)19-6-3/h4,7-11H,5-6,17H2,1-3H3/b7-4-,10-8-,12-9+. The first-order valence-electron chi connectivity index (χ1n) is 6.69. The van der Waals surface area contributed by atoms with E-state index in [0.717, 1.165) is 17.6 Å². The van der Waals surface area contributed by atoms with E-state index < -0.39 is 0 Å². The van der Waals surface area contributed by atoms with E-state index in [1.807, 2.05) is 36.6 Å². The zero-order valence-corrected chi connectivity index (χ0v) is 13.0. The lowest BCUT2D eigenvalue weighted by atomic mass is 10.0. The fraction of sp³-hybridized carbons (Fsp3) is 0.312. The molecule has 0 radical (unpaired) electrons. The third-order valence-electron chi connectivity index (χ3n) is 2.61. The Morgan fingerprint density at radius 2 is 2.20 bits per heavy atom. The van der Waals surface area contributed by atoms with Gasteiger partial charge in [-0.1, -0.05) is 37.3 Å². The topological polar surface area (TPSA) is 52.3 Å². The van der Waals surface area contributed by atoms with Crippen LogP contribution in [0.3, 0.4) is 0 Å². The van der Waals surface area contributed by atoms with E-state index in [-0.39, 0.29) is 5.97 Å². The number of allylic oxidation sites excluding steroid dienone is 6. The smallest absolute Gasteiger partial charge is 0.341 e. The average Bonchev–Trinajstić information content (AvgIpc) is 2.81. The third kappa shape index (κ3) is 4.10. The molecule has 0 saturated heterocycles. The van der Waals surface area contributed by atoms with Crippen LogP contribution in [0.15, 0.2) is 35.8 Å². The summed E-state index contributed by atoms with van der Waals surface area (Å²) in [7, 11) is 0. The van der Waals surface area contributed by atoms with E-state index >= 15 is 0 Å². The second-order valence-corrected chi connectivity index (χ2v) is 4.98. The normalized spacial score (nSPS) is 12.4. The van der Waals surface area contributed by atoms with Gasteiger partial charge in [0.15, 0.2) is 0 Å². The van der Waals surface area contributed by atoms with E-state index in [2.05, 4.69) is 13.0 Å². The van der Waals surface area contributed by atoms with Crippen molar-refractivity contribution in [2.45, 2.75) is 27.2 Å². The van der Waals surface area contributed by atoms with Gasteiger partial charge in [-0.2, -0.15) is 0 Å². The quantitative estimate of drug-likeness (QED) is 0.623. The van der Waals surface area contributed by atoms with Gasteiger partial charge in [-0.3, -0.25) is 0 Å². The molecule has 2 N–H and O–H groups in total. The van der Waals surface area contributed by atoms with Crippen LogP contribution in [0.4, 0.5) is 5.00 Å². The van der Waals surface area contributed by atoms with E-state index in [1.54, 1.807) is 6.92 Å². The van der Waals surface area contributed by atoms with Gasteiger partial charge in [0.1, 0.15) is 10.6 Å². The minimum absolute atomic E-state index is 0.340. The van der Waals surface area contributed by atoms with Crippen LogP contribution in [0.2, 0.25) is 0 Å². The monoisotopic (exact) mass is 291 g/mol. The van der Waals surface area contributed by atoms with Crippen LogP contribution in [0.5, 0.6) is 0 Å². The van der Waals surface area contributed by atoms with Crippen LogP contribution in [0.25, 0.3) is 5.57 Å². The maximum absolute atomic E-state index is 12.0. The number of hydrogen-bond donors (Lipinski definition) is 1. The first-order chi connectivity index (χ1) is 9.65. The highest BCUT2D eigenvalue weighted by atomic mass is 32.1. The highest BCUT2D eigenvalue weighted by molar-refractivity contribution is 7.14. The summed E-state index contributed by atoms with van der Waals surface area (Å²) in [5.74, 6) is -0.363. The maximum atomic E-state index is 12.0. The summed E-state index contributed by atoms with van der Waals surface area (Å²) >= 11 is 1.36. The van der Waals surface area contributed by atoms with E-state index in [1.165, 1.54) is 11.3 Å². The SMILES string of the molecule is C\C=C/C=C(\C=C/CC)c1csc(N)c1C(=O)OCC. The fourth-order valence-electron chi connectivity index (χ4n) is 1.68. The number of esters is 1. The molecule has 3 nitrogen and oxygen atoms in total. The lowest BCUT2D eigenvalue weighted by molar-refractivity contribution is 0.0528. The van der Waals surface area contributed by atoms with Crippen LogP contribution in [-0.2, 0) is 4.74 Å². The van der Waals surface area contributed by atoms with Gasteiger partial charge in [0.05, 0.1) is 6.61 Å². The van der Waals surface area contributed by atoms with Crippen molar-refractivity contribution in [1.29, 1.82) is 0 Å². The summed E-state index contributed by atoms with van der Waals surface area (Å²) in [5, 5.41) is 2.39. The molecule has 1 rings (SSSR count). The van der Waals surface area contributed by atoms with Crippen LogP contribution < -0.4 is 5.73 Å². The lowest BCUT2D eigenvalue weighted by Crippen LogP contribution is -2.08. The predicted molar refractivity (Wildman–Crippen MR) is 86.9 cm³/mol. The Morgan fingerprint density at radius 1 is 1.45 bits per heavy atom. The van der Waals surface area contributed by atoms with Crippen LogP contribution >= 0.6 is 11.3 Å². The largest absolute Gasteiger partial charge is 0.462 e. The fourth-order valence-corrected chi connectivity index (χ4v) is 2.49. The molecule has 4 heteroatoms. The predicted octanol–water partition coefficient (Wildman–Crippen LogP) is 4.43. The third-order valence-corrected chi connectivity index (χ3v) is 3.42. The number of carbonyl (C=O) groups is 1. The van der Waals surface area contributed by atoms with Crippen molar-refractivity contribution < 1.29 is 9.53 Å². The van der Waals surface area contributed by atoms with Gasteiger partial charge in [-0.05, 0) is 25.8 Å². The highest BCUT2D eigenvalue weighted by Gasteiger charge is 2.19. The summed E-state index contributed by atoms with van der Waals surface area (Å²) in [6.07, 6.45) is 10.8. The molecule has 108 valence electrons. The van der Waals surface area contributed by atoms with Crippen LogP contribution in [0.1, 0.15) is 43.1 Å². The van der Waals surface area contributed by atoms with E-state index in [4.69, 9.17) is 10.5 Å². The maximum Gasteiger partial charge on any atom is 0.341 e. The number of nitrogen functional groups attached to an aromatic ring is 1. The molecule has 0 saturated carbocycles. The summed E-state index contributed by atoms with van der Waals surface area (Å²) in [4.78, 5) is 12.0. The molecule has 0 bridgehead atoms. The molecule has 0 spiro atoms. The zero-order valence-electron chi connectivity index (χ0n) is 12.2. The number of hydrogen-bond acceptors (Lipinski definition) is 4. The molecule has 1 aromatic heterocycles. The molecule has 0 fully saturated rings. The molecular weight excluding hydrogens is 270 g/mol. The number of anilines is 1. The molecule has 0 unspecified atom stereocenters. The van der Waals surface area contributed by atoms with Crippen molar-refractivity contribution in [2.24, 2.45) is 0 Å². The second kappa shape index (κ2) is 8.38. The minimum atomic E-state index is -0.363. The highest BCUT2D eigenvalue weighted by Crippen LogP contribution is 2.32. The second-order valence-electron chi connectivity index (χ2n) is 4.07. The summed E-state index contributed by atoms with van der Waals surface area (Å²) in [5.41, 5.74) is 8.17. The zero-order chi connectivity index (χ0) is 15.0. The first-order valence-corrected chi connectivity index (χ1v) is 7.57. The van der Waals surface area contributed by atoms with Crippen molar-refractivity contribution in [2.75, 3.05) is 12.3 Å². The molecular formula is C16H21NO2S. The van der Waals surface area contributed by atoms with E-state index in [9.17, 15) is 4.79 Å². The molecule has 0 aromatic carbocycles. The van der Waals surface area contributed by atoms with Gasteiger partial charge in [-0.15, -0.1) is 11.3 Å². The summed E-state index contributed by atoms with van der Waals surface area (Å²) in [6.45, 7) is 6.14. The Kier molecular flexibility index (Phi) is 6.81. The Labute approximate surface area is 124 Å². The van der Waals surface area contributed by atoms with Gasteiger partial charge in [0, 0.05) is 10.9 Å². The lowest BCUT2D eigenvalue weighted by Gasteiger charge is -2.06. The molecule has 1 aromatic rings. The first kappa shape index (κ1) is 16.2. The Bertz CT molecular complexity index is 539. The van der Waals surface area contributed by atoms with Crippen molar-refractivity contribution in [1.82, 2.24) is 0 Å².